The van der Waals surface area contributed by atoms with Gasteiger partial charge in [0.25, 0.3) is 0 Å². The summed E-state index contributed by atoms with van der Waals surface area (Å²) >= 11 is 9.32. The van der Waals surface area contributed by atoms with Crippen LogP contribution in [-0.2, 0) is 6.42 Å². The zero-order valence-corrected chi connectivity index (χ0v) is 13.9. The van der Waals surface area contributed by atoms with Crippen molar-refractivity contribution < 1.29 is 9.50 Å². The topological polar surface area (TPSA) is 32.3 Å². The zero-order valence-electron chi connectivity index (χ0n) is 11.5. The highest BCUT2D eigenvalue weighted by Crippen LogP contribution is 2.28. The van der Waals surface area contributed by atoms with Gasteiger partial charge in [0.1, 0.15) is 5.82 Å². The lowest BCUT2D eigenvalue weighted by Crippen LogP contribution is -2.41. The molecule has 0 heterocycles. The largest absolute Gasteiger partial charge is 0.394 e. The van der Waals surface area contributed by atoms with Crippen molar-refractivity contribution in [2.75, 3.05) is 11.9 Å². The van der Waals surface area contributed by atoms with Crippen molar-refractivity contribution in [1.82, 2.24) is 0 Å². The molecule has 1 atom stereocenters. The van der Waals surface area contributed by atoms with Crippen molar-refractivity contribution >= 4 is 33.2 Å². The summed E-state index contributed by atoms with van der Waals surface area (Å²) in [5.41, 5.74) is 0.698. The molecule has 0 radical (unpaired) electrons. The van der Waals surface area contributed by atoms with Gasteiger partial charge in [-0.3, -0.25) is 0 Å². The van der Waals surface area contributed by atoms with Gasteiger partial charge in [0, 0.05) is 16.6 Å². The van der Waals surface area contributed by atoms with Crippen molar-refractivity contribution in [3.05, 3.63) is 63.3 Å². The summed E-state index contributed by atoms with van der Waals surface area (Å²) < 4.78 is 14.5. The average Bonchev–Trinajstić information content (AvgIpc) is 2.45. The van der Waals surface area contributed by atoms with Crippen LogP contribution in [0, 0.1) is 5.82 Å². The summed E-state index contributed by atoms with van der Waals surface area (Å²) in [6, 6.07) is 12.0. The number of hydrogen-bond acceptors (Lipinski definition) is 2. The van der Waals surface area contributed by atoms with Crippen molar-refractivity contribution in [3.8, 4) is 0 Å². The first kappa shape index (κ1) is 16.3. The fourth-order valence-corrected chi connectivity index (χ4v) is 2.62. The van der Waals surface area contributed by atoms with Crippen LogP contribution in [0.5, 0.6) is 0 Å². The SMILES string of the molecule is CC(CO)(Cc1ccccc1F)Nc1ccc(Cl)c(Br)c1. The molecule has 5 heteroatoms. The standard InChI is InChI=1S/C16H16BrClFNO/c1-16(10-21,9-11-4-2-3-5-15(11)19)20-12-6-7-14(18)13(17)8-12/h2-8,20-21H,9-10H2,1H3. The molecule has 0 saturated carbocycles. The smallest absolute Gasteiger partial charge is 0.126 e. The second kappa shape index (κ2) is 6.77. The van der Waals surface area contributed by atoms with E-state index in [1.165, 1.54) is 6.07 Å². The number of halogens is 3. The number of hydrogen-bond donors (Lipinski definition) is 2. The van der Waals surface area contributed by atoms with Crippen molar-refractivity contribution in [3.63, 3.8) is 0 Å². The number of aliphatic hydroxyl groups excluding tert-OH is 1. The molecule has 0 aliphatic heterocycles. The minimum atomic E-state index is -0.671. The van der Waals surface area contributed by atoms with E-state index in [1.807, 2.05) is 19.1 Å². The molecule has 0 aromatic heterocycles. The molecule has 2 N–H and O–H groups in total. The van der Waals surface area contributed by atoms with E-state index in [1.54, 1.807) is 24.3 Å². The monoisotopic (exact) mass is 371 g/mol. The lowest BCUT2D eigenvalue weighted by atomic mass is 9.93. The number of aliphatic hydroxyl groups is 1. The average molecular weight is 373 g/mol. The second-order valence-corrected chi connectivity index (χ2v) is 6.50. The second-order valence-electron chi connectivity index (χ2n) is 5.24. The highest BCUT2D eigenvalue weighted by molar-refractivity contribution is 9.10. The van der Waals surface area contributed by atoms with Crippen molar-refractivity contribution in [1.29, 1.82) is 0 Å². The van der Waals surface area contributed by atoms with Crippen LogP contribution in [0.3, 0.4) is 0 Å². The molecule has 0 aliphatic rings. The van der Waals surface area contributed by atoms with Gasteiger partial charge in [-0.2, -0.15) is 0 Å². The van der Waals surface area contributed by atoms with E-state index < -0.39 is 5.54 Å². The zero-order chi connectivity index (χ0) is 15.5. The molecular formula is C16H16BrClFNO. The van der Waals surface area contributed by atoms with Gasteiger partial charge in [-0.05, 0) is 52.7 Å². The third-order valence-corrected chi connectivity index (χ3v) is 4.47. The summed E-state index contributed by atoms with van der Waals surface area (Å²) in [6.07, 6.45) is 0.371. The summed E-state index contributed by atoms with van der Waals surface area (Å²) in [6.45, 7) is 1.73. The molecule has 112 valence electrons. The summed E-state index contributed by atoms with van der Waals surface area (Å²) in [4.78, 5) is 0. The van der Waals surface area contributed by atoms with Gasteiger partial charge < -0.3 is 10.4 Å². The van der Waals surface area contributed by atoms with Crippen LogP contribution in [0.2, 0.25) is 5.02 Å². The molecule has 2 aromatic rings. The fourth-order valence-electron chi connectivity index (χ4n) is 2.12. The van der Waals surface area contributed by atoms with E-state index in [0.29, 0.717) is 17.0 Å². The third kappa shape index (κ3) is 4.19. The molecule has 0 amide bonds. The van der Waals surface area contributed by atoms with Gasteiger partial charge in [0.2, 0.25) is 0 Å². The van der Waals surface area contributed by atoms with Crippen LogP contribution in [0.4, 0.5) is 10.1 Å². The molecule has 0 aliphatic carbocycles. The van der Waals surface area contributed by atoms with Crippen molar-refractivity contribution in [2.24, 2.45) is 0 Å². The summed E-state index contributed by atoms with van der Waals surface area (Å²) in [5.74, 6) is -0.267. The van der Waals surface area contributed by atoms with E-state index in [4.69, 9.17) is 11.6 Å². The van der Waals surface area contributed by atoms with Crippen LogP contribution in [-0.4, -0.2) is 17.3 Å². The quantitative estimate of drug-likeness (QED) is 0.801. The highest BCUT2D eigenvalue weighted by Gasteiger charge is 2.25. The first-order valence-electron chi connectivity index (χ1n) is 6.51. The molecular weight excluding hydrogens is 357 g/mol. The molecule has 2 aromatic carbocycles. The van der Waals surface area contributed by atoms with Crippen LogP contribution in [0.15, 0.2) is 46.9 Å². The summed E-state index contributed by atoms with van der Waals surface area (Å²) in [7, 11) is 0. The maximum absolute atomic E-state index is 13.8. The van der Waals surface area contributed by atoms with Crippen LogP contribution in [0.1, 0.15) is 12.5 Å². The highest BCUT2D eigenvalue weighted by atomic mass is 79.9. The maximum Gasteiger partial charge on any atom is 0.126 e. The Bertz CT molecular complexity index is 637. The molecule has 2 rings (SSSR count). The van der Waals surface area contributed by atoms with E-state index in [0.717, 1.165) is 10.2 Å². The van der Waals surface area contributed by atoms with Crippen LogP contribution in [0.25, 0.3) is 0 Å². The van der Waals surface area contributed by atoms with E-state index in [9.17, 15) is 9.50 Å². The molecule has 0 bridgehead atoms. The Morgan fingerprint density at radius 3 is 2.62 bits per heavy atom. The van der Waals surface area contributed by atoms with Crippen molar-refractivity contribution in [2.45, 2.75) is 18.9 Å². The Hall–Kier alpha value is -1.10. The normalized spacial score (nSPS) is 13.8. The third-order valence-electron chi connectivity index (χ3n) is 3.25. The van der Waals surface area contributed by atoms with Gasteiger partial charge in [-0.15, -0.1) is 0 Å². The fraction of sp³-hybridized carbons (Fsp3) is 0.250. The van der Waals surface area contributed by atoms with Crippen LogP contribution >= 0.6 is 27.5 Å². The number of nitrogens with one attached hydrogen (secondary N) is 1. The summed E-state index contributed by atoms with van der Waals surface area (Å²) in [5, 5.41) is 13.6. The molecule has 0 fully saturated rings. The van der Waals surface area contributed by atoms with Gasteiger partial charge in [-0.25, -0.2) is 4.39 Å². The van der Waals surface area contributed by atoms with Gasteiger partial charge in [0.15, 0.2) is 0 Å². The lowest BCUT2D eigenvalue weighted by molar-refractivity contribution is 0.221. The lowest BCUT2D eigenvalue weighted by Gasteiger charge is -2.30. The van der Waals surface area contributed by atoms with Gasteiger partial charge in [0.05, 0.1) is 17.2 Å². The Morgan fingerprint density at radius 2 is 2.00 bits per heavy atom. The molecule has 0 spiro atoms. The Morgan fingerprint density at radius 1 is 1.29 bits per heavy atom. The van der Waals surface area contributed by atoms with E-state index in [2.05, 4.69) is 21.2 Å². The van der Waals surface area contributed by atoms with Gasteiger partial charge in [-0.1, -0.05) is 29.8 Å². The molecule has 21 heavy (non-hydrogen) atoms. The van der Waals surface area contributed by atoms with Gasteiger partial charge >= 0.3 is 0 Å². The first-order valence-corrected chi connectivity index (χ1v) is 7.68. The molecule has 2 nitrogen and oxygen atoms in total. The Kier molecular flexibility index (Phi) is 5.25. The first-order chi connectivity index (χ1) is 9.93. The van der Waals surface area contributed by atoms with Crippen LogP contribution < -0.4 is 5.32 Å². The molecule has 1 unspecified atom stereocenters. The Balaban J connectivity index is 2.21. The van der Waals surface area contributed by atoms with E-state index in [-0.39, 0.29) is 12.4 Å². The maximum atomic E-state index is 13.8. The minimum absolute atomic E-state index is 0.123. The van der Waals surface area contributed by atoms with E-state index >= 15 is 0 Å². The Labute approximate surface area is 137 Å². The predicted octanol–water partition coefficient (Wildman–Crippen LogP) is 4.65. The number of anilines is 1. The number of benzene rings is 2. The minimum Gasteiger partial charge on any atom is -0.394 e. The molecule has 0 saturated heterocycles. The predicted molar refractivity (Wildman–Crippen MR) is 88.4 cm³/mol. The number of rotatable bonds is 5.